The molecule has 1 aromatic carbocycles. The molecule has 2 heterocycles. The van der Waals surface area contributed by atoms with E-state index in [2.05, 4.69) is 22.2 Å². The summed E-state index contributed by atoms with van der Waals surface area (Å²) in [5.74, 6) is 0.0711. The number of benzene rings is 1. The third-order valence-electron chi connectivity index (χ3n) is 4.01. The summed E-state index contributed by atoms with van der Waals surface area (Å²) in [6, 6.07) is 10.2. The first kappa shape index (κ1) is 17.4. The molecule has 5 nitrogen and oxygen atoms in total. The Labute approximate surface area is 151 Å². The highest BCUT2D eigenvalue weighted by atomic mass is 32.1. The van der Waals surface area contributed by atoms with Gasteiger partial charge in [-0.3, -0.25) is 4.79 Å². The normalized spacial score (nSPS) is 10.9. The number of hydrogen-bond acceptors (Lipinski definition) is 4. The van der Waals surface area contributed by atoms with Crippen molar-refractivity contribution < 1.29 is 4.79 Å². The van der Waals surface area contributed by atoms with Crippen molar-refractivity contribution in [2.24, 2.45) is 0 Å². The molecule has 0 saturated carbocycles. The van der Waals surface area contributed by atoms with Crippen molar-refractivity contribution in [3.05, 3.63) is 63.4 Å². The molecule has 1 amide bonds. The smallest absolute Gasteiger partial charge is 0.228 e. The number of aryl methyl sites for hydroxylation is 3. The Bertz CT molecular complexity index is 896. The number of thiazole rings is 1. The minimum atomic E-state index is 0.0711. The topological polar surface area (TPSA) is 51.0 Å². The zero-order valence-electron chi connectivity index (χ0n) is 15.0. The Morgan fingerprint density at radius 3 is 2.68 bits per heavy atom. The van der Waals surface area contributed by atoms with Gasteiger partial charge in [-0.25, -0.2) is 9.67 Å². The summed E-state index contributed by atoms with van der Waals surface area (Å²) in [5, 5.41) is 7.46. The molecule has 0 aliphatic rings. The van der Waals surface area contributed by atoms with E-state index in [0.29, 0.717) is 13.0 Å². The third-order valence-corrected chi connectivity index (χ3v) is 4.83. The number of rotatable bonds is 5. The predicted octanol–water partition coefficient (Wildman–Crippen LogP) is 3.46. The molecular formula is C19H22N4OS. The second-order valence-corrected chi connectivity index (χ2v) is 7.36. The molecule has 0 aliphatic heterocycles. The maximum atomic E-state index is 12.4. The molecule has 2 aromatic heterocycles. The van der Waals surface area contributed by atoms with Crippen LogP contribution in [0.1, 0.15) is 27.7 Å². The fraction of sp³-hybridized carbons (Fsp3) is 0.316. The van der Waals surface area contributed by atoms with Crippen molar-refractivity contribution in [3.63, 3.8) is 0 Å². The fourth-order valence-electron chi connectivity index (χ4n) is 2.82. The van der Waals surface area contributed by atoms with E-state index < -0.39 is 0 Å². The molecule has 130 valence electrons. The highest BCUT2D eigenvalue weighted by Crippen LogP contribution is 2.15. The van der Waals surface area contributed by atoms with Gasteiger partial charge in [-0.05, 0) is 44.5 Å². The van der Waals surface area contributed by atoms with Crippen molar-refractivity contribution in [3.8, 4) is 5.69 Å². The second kappa shape index (κ2) is 7.19. The lowest BCUT2D eigenvalue weighted by atomic mass is 10.2. The summed E-state index contributed by atoms with van der Waals surface area (Å²) in [7, 11) is 1.83. The standard InChI is InChI=1S/C19H22N4OS/c1-13-8-14(2)23(21-13)18-7-5-6-16(9-18)11-22(4)19(24)10-17-12-25-15(3)20-17/h5-9,12H,10-11H2,1-4H3. The number of amides is 1. The van der Waals surface area contributed by atoms with E-state index in [1.165, 1.54) is 0 Å². The number of aromatic nitrogens is 3. The number of carbonyl (C=O) groups excluding carboxylic acids is 1. The van der Waals surface area contributed by atoms with Gasteiger partial charge >= 0.3 is 0 Å². The van der Waals surface area contributed by atoms with Gasteiger partial charge in [0.05, 0.1) is 28.5 Å². The van der Waals surface area contributed by atoms with Gasteiger partial charge in [0.15, 0.2) is 0 Å². The molecule has 6 heteroatoms. The average Bonchev–Trinajstić information content (AvgIpc) is 3.12. The first-order valence-electron chi connectivity index (χ1n) is 8.20. The molecular weight excluding hydrogens is 332 g/mol. The van der Waals surface area contributed by atoms with Crippen molar-refractivity contribution in [2.75, 3.05) is 7.05 Å². The number of carbonyl (C=O) groups is 1. The van der Waals surface area contributed by atoms with Crippen LogP contribution >= 0.6 is 11.3 Å². The Kier molecular flexibility index (Phi) is 4.99. The van der Waals surface area contributed by atoms with Crippen molar-refractivity contribution >= 4 is 17.2 Å². The Hall–Kier alpha value is -2.47. The quantitative estimate of drug-likeness (QED) is 0.705. The van der Waals surface area contributed by atoms with E-state index in [4.69, 9.17) is 0 Å². The molecule has 3 rings (SSSR count). The molecule has 0 aliphatic carbocycles. The highest BCUT2D eigenvalue weighted by molar-refractivity contribution is 7.09. The summed E-state index contributed by atoms with van der Waals surface area (Å²) in [6.45, 7) is 6.54. The lowest BCUT2D eigenvalue weighted by Gasteiger charge is -2.17. The van der Waals surface area contributed by atoms with E-state index >= 15 is 0 Å². The number of hydrogen-bond donors (Lipinski definition) is 0. The molecule has 0 atom stereocenters. The van der Waals surface area contributed by atoms with Crippen LogP contribution in [0.2, 0.25) is 0 Å². The molecule has 0 radical (unpaired) electrons. The maximum Gasteiger partial charge on any atom is 0.228 e. The van der Waals surface area contributed by atoms with Crippen LogP contribution in [0.5, 0.6) is 0 Å². The molecule has 3 aromatic rings. The minimum Gasteiger partial charge on any atom is -0.341 e. The lowest BCUT2D eigenvalue weighted by molar-refractivity contribution is -0.129. The van der Waals surface area contributed by atoms with Gasteiger partial charge in [0.25, 0.3) is 0 Å². The zero-order valence-corrected chi connectivity index (χ0v) is 15.8. The first-order chi connectivity index (χ1) is 11.9. The van der Waals surface area contributed by atoms with Gasteiger partial charge in [0, 0.05) is 24.7 Å². The van der Waals surface area contributed by atoms with Crippen LogP contribution in [0.15, 0.2) is 35.7 Å². The van der Waals surface area contributed by atoms with Crippen molar-refractivity contribution in [2.45, 2.75) is 33.7 Å². The third kappa shape index (κ3) is 4.14. The van der Waals surface area contributed by atoms with Gasteiger partial charge in [-0.1, -0.05) is 12.1 Å². The Morgan fingerprint density at radius 1 is 1.24 bits per heavy atom. The molecule has 0 unspecified atom stereocenters. The summed E-state index contributed by atoms with van der Waals surface area (Å²) in [4.78, 5) is 18.5. The lowest BCUT2D eigenvalue weighted by Crippen LogP contribution is -2.27. The SMILES string of the molecule is Cc1cc(C)n(-c2cccc(CN(C)C(=O)Cc3csc(C)n3)c2)n1. The van der Waals surface area contributed by atoms with Crippen molar-refractivity contribution in [1.82, 2.24) is 19.7 Å². The van der Waals surface area contributed by atoms with Gasteiger partial charge in [0.2, 0.25) is 5.91 Å². The summed E-state index contributed by atoms with van der Waals surface area (Å²) in [6.07, 6.45) is 0.345. The molecule has 0 spiro atoms. The molecule has 0 bridgehead atoms. The largest absolute Gasteiger partial charge is 0.341 e. The first-order valence-corrected chi connectivity index (χ1v) is 9.08. The van der Waals surface area contributed by atoms with Crippen LogP contribution in [0.3, 0.4) is 0 Å². The van der Waals surface area contributed by atoms with Gasteiger partial charge in [0.1, 0.15) is 0 Å². The van der Waals surface area contributed by atoms with Crippen LogP contribution in [0, 0.1) is 20.8 Å². The fourth-order valence-corrected chi connectivity index (χ4v) is 3.43. The van der Waals surface area contributed by atoms with E-state index in [0.717, 1.165) is 33.3 Å². The van der Waals surface area contributed by atoms with Crippen LogP contribution in [-0.4, -0.2) is 32.6 Å². The van der Waals surface area contributed by atoms with Gasteiger partial charge in [-0.2, -0.15) is 5.10 Å². The van der Waals surface area contributed by atoms with Crippen LogP contribution in [0.4, 0.5) is 0 Å². The summed E-state index contributed by atoms with van der Waals surface area (Å²) in [5.41, 5.74) is 5.02. The highest BCUT2D eigenvalue weighted by Gasteiger charge is 2.13. The minimum absolute atomic E-state index is 0.0711. The summed E-state index contributed by atoms with van der Waals surface area (Å²) >= 11 is 1.57. The maximum absolute atomic E-state index is 12.4. The van der Waals surface area contributed by atoms with E-state index in [1.54, 1.807) is 16.2 Å². The van der Waals surface area contributed by atoms with E-state index in [-0.39, 0.29) is 5.91 Å². The molecule has 0 fully saturated rings. The van der Waals surface area contributed by atoms with Crippen LogP contribution in [0.25, 0.3) is 5.69 Å². The zero-order chi connectivity index (χ0) is 18.0. The molecule has 0 N–H and O–H groups in total. The van der Waals surface area contributed by atoms with Crippen molar-refractivity contribution in [1.29, 1.82) is 0 Å². The molecule has 25 heavy (non-hydrogen) atoms. The van der Waals surface area contributed by atoms with E-state index in [1.807, 2.05) is 56.1 Å². The Morgan fingerprint density at radius 2 is 2.04 bits per heavy atom. The number of nitrogens with zero attached hydrogens (tertiary/aromatic N) is 4. The van der Waals surface area contributed by atoms with Gasteiger partial charge in [-0.15, -0.1) is 11.3 Å². The average molecular weight is 354 g/mol. The second-order valence-electron chi connectivity index (χ2n) is 6.29. The summed E-state index contributed by atoms with van der Waals surface area (Å²) < 4.78 is 1.93. The molecule has 0 saturated heterocycles. The Balaban J connectivity index is 1.71. The van der Waals surface area contributed by atoms with Gasteiger partial charge < -0.3 is 4.90 Å². The number of likely N-dealkylation sites (N-methyl/N-ethyl adjacent to an activating group) is 1. The predicted molar refractivity (Wildman–Crippen MR) is 100 cm³/mol. The van der Waals surface area contributed by atoms with E-state index in [9.17, 15) is 4.79 Å². The van der Waals surface area contributed by atoms with Crippen LogP contribution in [-0.2, 0) is 17.8 Å². The monoisotopic (exact) mass is 354 g/mol. The van der Waals surface area contributed by atoms with Crippen LogP contribution < -0.4 is 0 Å².